The summed E-state index contributed by atoms with van der Waals surface area (Å²) in [6.45, 7) is 7.84. The first-order valence-corrected chi connectivity index (χ1v) is 4.04. The standard InChI is InChI=1S/C8H19N/c1-4-6-8(3)9-7-5-2/h8-9H,4-7H2,1-3H3. The molecule has 0 aromatic rings. The highest BCUT2D eigenvalue weighted by Gasteiger charge is 1.95. The molecule has 0 aromatic heterocycles. The molecule has 1 heteroatoms. The van der Waals surface area contributed by atoms with Crippen LogP contribution in [0.15, 0.2) is 0 Å². The van der Waals surface area contributed by atoms with Crippen molar-refractivity contribution in [3.05, 3.63) is 0 Å². The normalized spacial score (nSPS) is 13.7. The van der Waals surface area contributed by atoms with Crippen LogP contribution in [0.4, 0.5) is 0 Å². The molecule has 56 valence electrons. The van der Waals surface area contributed by atoms with Crippen molar-refractivity contribution in [1.29, 1.82) is 0 Å². The van der Waals surface area contributed by atoms with Crippen LogP contribution < -0.4 is 5.32 Å². The van der Waals surface area contributed by atoms with E-state index in [4.69, 9.17) is 0 Å². The van der Waals surface area contributed by atoms with Crippen molar-refractivity contribution in [2.24, 2.45) is 0 Å². The molecule has 1 N–H and O–H groups in total. The minimum Gasteiger partial charge on any atom is -0.314 e. The summed E-state index contributed by atoms with van der Waals surface area (Å²) in [7, 11) is 0. The number of nitrogens with one attached hydrogen (secondary N) is 1. The fourth-order valence-corrected chi connectivity index (χ4v) is 0.926. The summed E-state index contributed by atoms with van der Waals surface area (Å²) in [5, 5.41) is 3.43. The summed E-state index contributed by atoms with van der Waals surface area (Å²) in [4.78, 5) is 0. The first-order chi connectivity index (χ1) is 4.31. The van der Waals surface area contributed by atoms with Crippen LogP contribution in [0.5, 0.6) is 0 Å². The lowest BCUT2D eigenvalue weighted by atomic mass is 10.2. The van der Waals surface area contributed by atoms with Gasteiger partial charge in [-0.3, -0.25) is 0 Å². The Balaban J connectivity index is 2.95. The molecule has 0 radical (unpaired) electrons. The molecule has 1 atom stereocenters. The van der Waals surface area contributed by atoms with Crippen LogP contribution in [0, 0.1) is 0 Å². The van der Waals surface area contributed by atoms with Gasteiger partial charge in [0.25, 0.3) is 0 Å². The van der Waals surface area contributed by atoms with E-state index in [0.29, 0.717) is 0 Å². The number of hydrogen-bond acceptors (Lipinski definition) is 1. The van der Waals surface area contributed by atoms with Crippen molar-refractivity contribution in [2.45, 2.75) is 46.1 Å². The lowest BCUT2D eigenvalue weighted by Gasteiger charge is -2.10. The monoisotopic (exact) mass is 129 g/mol. The number of hydrogen-bond donors (Lipinski definition) is 1. The molecule has 0 aliphatic rings. The van der Waals surface area contributed by atoms with Gasteiger partial charge in [0.1, 0.15) is 0 Å². The largest absolute Gasteiger partial charge is 0.314 e. The van der Waals surface area contributed by atoms with Gasteiger partial charge in [-0.25, -0.2) is 0 Å². The molecular formula is C8H19N. The lowest BCUT2D eigenvalue weighted by Crippen LogP contribution is -2.26. The topological polar surface area (TPSA) is 12.0 Å². The van der Waals surface area contributed by atoms with Crippen molar-refractivity contribution in [2.75, 3.05) is 6.54 Å². The minimum atomic E-state index is 0.718. The van der Waals surface area contributed by atoms with Gasteiger partial charge in [-0.15, -0.1) is 0 Å². The molecule has 0 aliphatic carbocycles. The number of rotatable bonds is 5. The van der Waals surface area contributed by atoms with E-state index in [0.717, 1.165) is 6.04 Å². The third kappa shape index (κ3) is 5.84. The molecule has 0 spiro atoms. The van der Waals surface area contributed by atoms with E-state index >= 15 is 0 Å². The molecule has 1 nitrogen and oxygen atoms in total. The van der Waals surface area contributed by atoms with E-state index in [2.05, 4.69) is 26.1 Å². The van der Waals surface area contributed by atoms with Gasteiger partial charge in [-0.2, -0.15) is 0 Å². The van der Waals surface area contributed by atoms with Gasteiger partial charge >= 0.3 is 0 Å². The Morgan fingerprint density at radius 1 is 1.22 bits per heavy atom. The quantitative estimate of drug-likeness (QED) is 0.600. The molecule has 0 saturated carbocycles. The Kier molecular flexibility index (Phi) is 6.06. The highest BCUT2D eigenvalue weighted by Crippen LogP contribution is 1.93. The molecule has 0 amide bonds. The molecule has 0 rings (SSSR count). The lowest BCUT2D eigenvalue weighted by molar-refractivity contribution is 0.508. The minimum absolute atomic E-state index is 0.718. The summed E-state index contributed by atoms with van der Waals surface area (Å²) in [5.74, 6) is 0. The average molecular weight is 129 g/mol. The van der Waals surface area contributed by atoms with Crippen LogP contribution in [-0.4, -0.2) is 12.6 Å². The SMILES string of the molecule is CCCNC(C)CCC. The molecule has 9 heavy (non-hydrogen) atoms. The first-order valence-electron chi connectivity index (χ1n) is 4.04. The zero-order valence-electron chi connectivity index (χ0n) is 6.91. The molecular weight excluding hydrogens is 110 g/mol. The molecule has 0 saturated heterocycles. The first kappa shape index (κ1) is 8.96. The summed E-state index contributed by atoms with van der Waals surface area (Å²) in [5.41, 5.74) is 0. The molecule has 0 bridgehead atoms. The molecule has 0 aromatic carbocycles. The van der Waals surface area contributed by atoms with E-state index in [9.17, 15) is 0 Å². The van der Waals surface area contributed by atoms with Crippen molar-refractivity contribution in [3.8, 4) is 0 Å². The second-order valence-electron chi connectivity index (χ2n) is 2.64. The maximum absolute atomic E-state index is 3.43. The van der Waals surface area contributed by atoms with E-state index in [1.165, 1.54) is 25.8 Å². The maximum Gasteiger partial charge on any atom is 0.00386 e. The average Bonchev–Trinajstić information content (AvgIpc) is 1.85. The molecule has 1 unspecified atom stereocenters. The Bertz CT molecular complexity index is 52.5. The maximum atomic E-state index is 3.43. The van der Waals surface area contributed by atoms with Gasteiger partial charge < -0.3 is 5.32 Å². The molecule has 0 heterocycles. The van der Waals surface area contributed by atoms with Gasteiger partial charge in [0.15, 0.2) is 0 Å². The van der Waals surface area contributed by atoms with Crippen molar-refractivity contribution < 1.29 is 0 Å². The van der Waals surface area contributed by atoms with Crippen LogP contribution in [-0.2, 0) is 0 Å². The fourth-order valence-electron chi connectivity index (χ4n) is 0.926. The predicted octanol–water partition coefficient (Wildman–Crippen LogP) is 2.17. The highest BCUT2D eigenvalue weighted by molar-refractivity contribution is 4.57. The molecule has 0 aliphatic heterocycles. The third-order valence-corrected chi connectivity index (χ3v) is 1.46. The van der Waals surface area contributed by atoms with Crippen LogP contribution in [0.2, 0.25) is 0 Å². The third-order valence-electron chi connectivity index (χ3n) is 1.46. The summed E-state index contributed by atoms with van der Waals surface area (Å²) >= 11 is 0. The van der Waals surface area contributed by atoms with Crippen LogP contribution >= 0.6 is 0 Å². The predicted molar refractivity (Wildman–Crippen MR) is 42.7 cm³/mol. The Morgan fingerprint density at radius 3 is 2.33 bits per heavy atom. The fraction of sp³-hybridized carbons (Fsp3) is 1.00. The van der Waals surface area contributed by atoms with Crippen molar-refractivity contribution in [3.63, 3.8) is 0 Å². The van der Waals surface area contributed by atoms with Crippen molar-refractivity contribution >= 4 is 0 Å². The summed E-state index contributed by atoms with van der Waals surface area (Å²) < 4.78 is 0. The summed E-state index contributed by atoms with van der Waals surface area (Å²) in [6.07, 6.45) is 3.84. The zero-order chi connectivity index (χ0) is 7.11. The van der Waals surface area contributed by atoms with Crippen molar-refractivity contribution in [1.82, 2.24) is 5.32 Å². The Hall–Kier alpha value is -0.0400. The van der Waals surface area contributed by atoms with E-state index in [-0.39, 0.29) is 0 Å². The van der Waals surface area contributed by atoms with E-state index in [1.807, 2.05) is 0 Å². The second-order valence-corrected chi connectivity index (χ2v) is 2.64. The smallest absolute Gasteiger partial charge is 0.00386 e. The Labute approximate surface area is 58.8 Å². The van der Waals surface area contributed by atoms with Crippen LogP contribution in [0.25, 0.3) is 0 Å². The summed E-state index contributed by atoms with van der Waals surface area (Å²) in [6, 6.07) is 0.718. The zero-order valence-corrected chi connectivity index (χ0v) is 6.91. The van der Waals surface area contributed by atoms with Gasteiger partial charge in [-0.1, -0.05) is 20.3 Å². The van der Waals surface area contributed by atoms with Crippen LogP contribution in [0.1, 0.15) is 40.0 Å². The molecule has 0 fully saturated rings. The van der Waals surface area contributed by atoms with Gasteiger partial charge in [0.05, 0.1) is 0 Å². The van der Waals surface area contributed by atoms with E-state index < -0.39 is 0 Å². The van der Waals surface area contributed by atoms with Gasteiger partial charge in [0.2, 0.25) is 0 Å². The second kappa shape index (κ2) is 6.09. The highest BCUT2D eigenvalue weighted by atomic mass is 14.9. The Morgan fingerprint density at radius 2 is 1.89 bits per heavy atom. The van der Waals surface area contributed by atoms with E-state index in [1.54, 1.807) is 0 Å². The van der Waals surface area contributed by atoms with Crippen LogP contribution in [0.3, 0.4) is 0 Å². The van der Waals surface area contributed by atoms with Gasteiger partial charge in [-0.05, 0) is 26.3 Å². The van der Waals surface area contributed by atoms with Gasteiger partial charge in [0, 0.05) is 6.04 Å².